The molecule has 0 saturated carbocycles. The minimum Gasteiger partial charge on any atom is -0.396 e. The number of carbonyl (C=O) groups is 1. The van der Waals surface area contributed by atoms with Crippen LogP contribution < -0.4 is 5.32 Å². The van der Waals surface area contributed by atoms with Crippen molar-refractivity contribution in [2.75, 3.05) is 13.2 Å². The van der Waals surface area contributed by atoms with E-state index in [4.69, 9.17) is 8.92 Å². The number of nitrogens with one attached hydrogen (secondary N) is 1. The van der Waals surface area contributed by atoms with Crippen LogP contribution in [0.4, 0.5) is 0 Å². The summed E-state index contributed by atoms with van der Waals surface area (Å²) in [7, 11) is 0. The molecule has 174 valence electrons. The first kappa shape index (κ1) is 25.0. The van der Waals surface area contributed by atoms with Crippen molar-refractivity contribution in [3.8, 4) is 0 Å². The first-order chi connectivity index (χ1) is 16.3. The first-order valence-electron chi connectivity index (χ1n) is 11.2. The Bertz CT molecular complexity index is 925. The summed E-state index contributed by atoms with van der Waals surface area (Å²) in [6.07, 6.45) is 0.939. The van der Waals surface area contributed by atoms with Crippen LogP contribution in [0.1, 0.15) is 24.0 Å². The van der Waals surface area contributed by atoms with Crippen molar-refractivity contribution >= 4 is 18.0 Å². The molecule has 5 nitrogen and oxygen atoms in total. The molecule has 3 aromatic rings. The van der Waals surface area contributed by atoms with E-state index in [1.165, 1.54) is 0 Å². The maximum absolute atomic E-state index is 13.0. The zero-order chi connectivity index (χ0) is 23.1. The molecule has 0 heterocycles. The third-order valence-corrected chi connectivity index (χ3v) is 6.00. The van der Waals surface area contributed by atoms with E-state index < -0.39 is 5.92 Å². The Kier molecular flexibility index (Phi) is 11.0. The largest absolute Gasteiger partial charge is 0.396 e. The monoisotopic (exact) mass is 465 g/mol. The maximum atomic E-state index is 13.0. The van der Waals surface area contributed by atoms with Gasteiger partial charge in [0.1, 0.15) is 0 Å². The minimum absolute atomic E-state index is 0.0931. The van der Waals surface area contributed by atoms with E-state index in [-0.39, 0.29) is 18.6 Å². The Morgan fingerprint density at radius 1 is 0.848 bits per heavy atom. The quantitative estimate of drug-likeness (QED) is 0.258. The molecule has 0 aliphatic heterocycles. The van der Waals surface area contributed by atoms with Crippen LogP contribution in [0.15, 0.2) is 95.9 Å². The number of carbonyl (C=O) groups excluding carboxylic acids is 1. The summed E-state index contributed by atoms with van der Waals surface area (Å²) >= 11 is 1.05. The minimum atomic E-state index is -0.491. The molecule has 0 fully saturated rings. The summed E-state index contributed by atoms with van der Waals surface area (Å²) in [6, 6.07) is 29.3. The normalized spacial score (nSPS) is 12.8. The summed E-state index contributed by atoms with van der Waals surface area (Å²) in [5, 5.41) is 13.1. The molecule has 3 rings (SSSR count). The fourth-order valence-corrected chi connectivity index (χ4v) is 4.08. The zero-order valence-electron chi connectivity index (χ0n) is 18.6. The van der Waals surface area contributed by atoms with Gasteiger partial charge >= 0.3 is 5.97 Å². The van der Waals surface area contributed by atoms with Crippen LogP contribution in [-0.4, -0.2) is 30.3 Å². The molecule has 6 heteroatoms. The molecule has 0 bridgehead atoms. The molecule has 2 atom stereocenters. The topological polar surface area (TPSA) is 67.8 Å². The zero-order valence-corrected chi connectivity index (χ0v) is 19.5. The SMILES string of the molecule is O=C(OSc1ccccc1)C(CCO)C(CCOCc1ccccc1)NCc1ccccc1. The molecule has 0 aromatic heterocycles. The van der Waals surface area contributed by atoms with Crippen LogP contribution in [0.3, 0.4) is 0 Å². The predicted octanol–water partition coefficient (Wildman–Crippen LogP) is 5.00. The number of hydrogen-bond donors (Lipinski definition) is 2. The molecule has 0 spiro atoms. The second kappa shape index (κ2) is 14.5. The average Bonchev–Trinajstić information content (AvgIpc) is 2.87. The Hall–Kier alpha value is -2.64. The summed E-state index contributed by atoms with van der Waals surface area (Å²) in [6.45, 7) is 1.53. The summed E-state index contributed by atoms with van der Waals surface area (Å²) in [5.41, 5.74) is 2.24. The number of aliphatic hydroxyl groups excluding tert-OH is 1. The van der Waals surface area contributed by atoms with Crippen molar-refractivity contribution in [2.45, 2.75) is 36.9 Å². The van der Waals surface area contributed by atoms with Gasteiger partial charge in [-0.25, -0.2) is 0 Å². The molecule has 2 N–H and O–H groups in total. The van der Waals surface area contributed by atoms with Gasteiger partial charge in [-0.3, -0.25) is 4.79 Å². The van der Waals surface area contributed by atoms with Crippen LogP contribution in [0.5, 0.6) is 0 Å². The fourth-order valence-electron chi connectivity index (χ4n) is 3.51. The second-order valence-corrected chi connectivity index (χ2v) is 8.52. The smallest absolute Gasteiger partial charge is 0.322 e. The average molecular weight is 466 g/mol. The molecule has 0 aliphatic rings. The molecule has 33 heavy (non-hydrogen) atoms. The number of benzene rings is 3. The van der Waals surface area contributed by atoms with Crippen molar-refractivity contribution in [1.82, 2.24) is 5.32 Å². The lowest BCUT2D eigenvalue weighted by molar-refractivity contribution is -0.139. The molecule has 0 radical (unpaired) electrons. The molecule has 0 saturated heterocycles. The highest BCUT2D eigenvalue weighted by atomic mass is 32.2. The number of rotatable bonds is 14. The maximum Gasteiger partial charge on any atom is 0.322 e. The van der Waals surface area contributed by atoms with Gasteiger partial charge in [0, 0.05) is 30.7 Å². The second-order valence-electron chi connectivity index (χ2n) is 7.72. The lowest BCUT2D eigenvalue weighted by atomic mass is 9.93. The van der Waals surface area contributed by atoms with Crippen LogP contribution in [0.25, 0.3) is 0 Å². The van der Waals surface area contributed by atoms with Gasteiger partial charge in [0.2, 0.25) is 0 Å². The van der Waals surface area contributed by atoms with Crippen LogP contribution in [0.2, 0.25) is 0 Å². The van der Waals surface area contributed by atoms with E-state index in [1.54, 1.807) is 0 Å². The summed E-state index contributed by atoms with van der Waals surface area (Å²) < 4.78 is 11.4. The highest BCUT2D eigenvalue weighted by Crippen LogP contribution is 2.23. The van der Waals surface area contributed by atoms with Crippen LogP contribution in [0, 0.1) is 5.92 Å². The standard InChI is InChI=1S/C27H31NO4S/c29-18-16-25(27(30)32-33-24-14-8-3-9-15-24)26(28-20-22-10-4-1-5-11-22)17-19-31-21-23-12-6-2-7-13-23/h1-15,25-26,28-29H,16-21H2. The van der Waals surface area contributed by atoms with Gasteiger partial charge in [-0.2, -0.15) is 0 Å². The van der Waals surface area contributed by atoms with Crippen LogP contribution in [-0.2, 0) is 26.9 Å². The fraction of sp³-hybridized carbons (Fsp3) is 0.296. The highest BCUT2D eigenvalue weighted by Gasteiger charge is 2.29. The van der Waals surface area contributed by atoms with Crippen LogP contribution >= 0.6 is 12.0 Å². The van der Waals surface area contributed by atoms with Gasteiger partial charge < -0.3 is 19.3 Å². The molecule has 2 unspecified atom stereocenters. The molecule has 0 aliphatic carbocycles. The van der Waals surface area contributed by atoms with Crippen molar-refractivity contribution in [3.63, 3.8) is 0 Å². The van der Waals surface area contributed by atoms with Crippen molar-refractivity contribution in [3.05, 3.63) is 102 Å². The van der Waals surface area contributed by atoms with Crippen molar-refractivity contribution < 1.29 is 18.8 Å². The van der Waals surface area contributed by atoms with E-state index in [2.05, 4.69) is 5.32 Å². The Labute approximate surface area is 200 Å². The van der Waals surface area contributed by atoms with E-state index >= 15 is 0 Å². The highest BCUT2D eigenvalue weighted by molar-refractivity contribution is 7.95. The van der Waals surface area contributed by atoms with Crippen molar-refractivity contribution in [2.24, 2.45) is 5.92 Å². The summed E-state index contributed by atoms with van der Waals surface area (Å²) in [4.78, 5) is 13.8. The van der Waals surface area contributed by atoms with Gasteiger partial charge in [-0.15, -0.1) is 0 Å². The first-order valence-corrected chi connectivity index (χ1v) is 11.9. The third kappa shape index (κ3) is 9.02. The number of ether oxygens (including phenoxy) is 1. The van der Waals surface area contributed by atoms with Crippen molar-refractivity contribution in [1.29, 1.82) is 0 Å². The number of aliphatic hydroxyl groups is 1. The van der Waals surface area contributed by atoms with Gasteiger partial charge in [0.25, 0.3) is 0 Å². The Balaban J connectivity index is 1.61. The summed E-state index contributed by atoms with van der Waals surface area (Å²) in [5.74, 6) is -0.832. The van der Waals surface area contributed by atoms with Gasteiger partial charge in [0.15, 0.2) is 0 Å². The molecule has 0 amide bonds. The lowest BCUT2D eigenvalue weighted by Crippen LogP contribution is -2.41. The lowest BCUT2D eigenvalue weighted by Gasteiger charge is -2.26. The third-order valence-electron chi connectivity index (χ3n) is 5.29. The van der Waals surface area contributed by atoms with E-state index in [9.17, 15) is 9.90 Å². The number of hydrogen-bond acceptors (Lipinski definition) is 6. The predicted molar refractivity (Wildman–Crippen MR) is 131 cm³/mol. The van der Waals surface area contributed by atoms with E-state index in [0.717, 1.165) is 28.1 Å². The molecular weight excluding hydrogens is 434 g/mol. The Morgan fingerprint density at radius 2 is 1.45 bits per heavy atom. The molecular formula is C27H31NO4S. The van der Waals surface area contributed by atoms with Gasteiger partial charge in [0.05, 0.1) is 24.6 Å². The van der Waals surface area contributed by atoms with Gasteiger partial charge in [-0.1, -0.05) is 78.9 Å². The molecule has 3 aromatic carbocycles. The van der Waals surface area contributed by atoms with E-state index in [0.29, 0.717) is 32.6 Å². The van der Waals surface area contributed by atoms with E-state index in [1.807, 2.05) is 91.0 Å². The van der Waals surface area contributed by atoms with Gasteiger partial charge in [-0.05, 0) is 36.1 Å². The Morgan fingerprint density at radius 3 is 2.09 bits per heavy atom.